The van der Waals surface area contributed by atoms with Gasteiger partial charge in [-0.25, -0.2) is 0 Å². The van der Waals surface area contributed by atoms with Crippen molar-refractivity contribution in [2.24, 2.45) is 0 Å². The van der Waals surface area contributed by atoms with Gasteiger partial charge in [-0.2, -0.15) is 0 Å². The van der Waals surface area contributed by atoms with Gasteiger partial charge in [0, 0.05) is 0 Å². The summed E-state index contributed by atoms with van der Waals surface area (Å²) >= 11 is 0. The summed E-state index contributed by atoms with van der Waals surface area (Å²) in [6.45, 7) is 3.69. The SMILES string of the molecule is C[Si](O)CC[Si](C)O. The van der Waals surface area contributed by atoms with E-state index in [0.29, 0.717) is 0 Å². The minimum atomic E-state index is -1.06. The number of hydrogen-bond donors (Lipinski definition) is 2. The van der Waals surface area contributed by atoms with Gasteiger partial charge in [0.05, 0.1) is 0 Å². The lowest BCUT2D eigenvalue weighted by Crippen LogP contribution is -2.11. The molecule has 48 valence electrons. The average Bonchev–Trinajstić information content (AvgIpc) is 1.61. The van der Waals surface area contributed by atoms with E-state index in [-0.39, 0.29) is 0 Å². The van der Waals surface area contributed by atoms with Crippen molar-refractivity contribution < 1.29 is 9.59 Å². The molecule has 2 N–H and O–H groups in total. The zero-order valence-electron chi connectivity index (χ0n) is 5.31. The van der Waals surface area contributed by atoms with Crippen LogP contribution in [-0.2, 0) is 0 Å². The molecule has 0 aromatic heterocycles. The van der Waals surface area contributed by atoms with E-state index in [2.05, 4.69) is 0 Å². The average molecular weight is 148 g/mol. The third kappa shape index (κ3) is 6.35. The lowest BCUT2D eigenvalue weighted by Gasteiger charge is -1.99. The predicted octanol–water partition coefficient (Wildman–Crippen LogP) is 0.214. The fourth-order valence-electron chi connectivity index (χ4n) is 0.362. The Hall–Kier alpha value is 0.354. The second-order valence-electron chi connectivity index (χ2n) is 1.97. The van der Waals surface area contributed by atoms with Gasteiger partial charge in [-0.15, -0.1) is 0 Å². The molecule has 8 heavy (non-hydrogen) atoms. The summed E-state index contributed by atoms with van der Waals surface area (Å²) in [7, 11) is -2.13. The first-order valence-corrected chi connectivity index (χ1v) is 6.96. The van der Waals surface area contributed by atoms with Crippen LogP contribution in [0.3, 0.4) is 0 Å². The maximum absolute atomic E-state index is 8.81. The maximum atomic E-state index is 8.81. The first-order valence-electron chi connectivity index (χ1n) is 2.65. The van der Waals surface area contributed by atoms with Crippen molar-refractivity contribution in [2.75, 3.05) is 0 Å². The van der Waals surface area contributed by atoms with Gasteiger partial charge < -0.3 is 9.59 Å². The molecule has 2 radical (unpaired) electrons. The van der Waals surface area contributed by atoms with E-state index in [1.165, 1.54) is 0 Å². The molecule has 0 aromatic carbocycles. The molecule has 0 aliphatic carbocycles. The molecule has 0 atom stereocenters. The van der Waals surface area contributed by atoms with E-state index in [9.17, 15) is 0 Å². The third-order valence-electron chi connectivity index (χ3n) is 0.849. The van der Waals surface area contributed by atoms with Gasteiger partial charge in [-0.05, 0) is 25.2 Å². The molecule has 0 rings (SSSR count). The van der Waals surface area contributed by atoms with Crippen LogP contribution in [0, 0.1) is 0 Å². The van der Waals surface area contributed by atoms with Crippen LogP contribution in [0.25, 0.3) is 0 Å². The Morgan fingerprint density at radius 1 is 1.00 bits per heavy atom. The van der Waals surface area contributed by atoms with E-state index in [1.54, 1.807) is 0 Å². The zero-order valence-corrected chi connectivity index (χ0v) is 7.31. The van der Waals surface area contributed by atoms with Crippen molar-refractivity contribution in [1.82, 2.24) is 0 Å². The molecule has 0 fully saturated rings. The molecule has 0 saturated carbocycles. The fraction of sp³-hybridized carbons (Fsp3) is 1.00. The van der Waals surface area contributed by atoms with Gasteiger partial charge >= 0.3 is 0 Å². The molecule has 0 aromatic rings. The summed E-state index contributed by atoms with van der Waals surface area (Å²) in [4.78, 5) is 17.6. The maximum Gasteiger partial charge on any atom is 0.203 e. The molecular weight excluding hydrogens is 136 g/mol. The monoisotopic (exact) mass is 148 g/mol. The summed E-state index contributed by atoms with van der Waals surface area (Å²) < 4.78 is 0. The first-order chi connectivity index (χ1) is 3.63. The zero-order chi connectivity index (χ0) is 6.57. The lowest BCUT2D eigenvalue weighted by atomic mass is 10.9. The number of hydrogen-bond acceptors (Lipinski definition) is 2. The first kappa shape index (κ1) is 8.35. The third-order valence-corrected chi connectivity index (χ3v) is 3.30. The summed E-state index contributed by atoms with van der Waals surface area (Å²) in [5, 5.41) is 0. The Morgan fingerprint density at radius 2 is 1.25 bits per heavy atom. The Balaban J connectivity index is 2.93. The highest BCUT2D eigenvalue weighted by Gasteiger charge is 2.03. The van der Waals surface area contributed by atoms with Gasteiger partial charge in [-0.3, -0.25) is 0 Å². The second kappa shape index (κ2) is 4.25. The minimum Gasteiger partial charge on any atom is -0.432 e. The summed E-state index contributed by atoms with van der Waals surface area (Å²) in [6.07, 6.45) is 0. The molecule has 0 saturated heterocycles. The molecule has 0 aliphatic rings. The van der Waals surface area contributed by atoms with Crippen molar-refractivity contribution in [3.05, 3.63) is 0 Å². The molecule has 0 unspecified atom stereocenters. The van der Waals surface area contributed by atoms with E-state index in [4.69, 9.17) is 9.59 Å². The second-order valence-corrected chi connectivity index (χ2v) is 5.91. The molecule has 0 bridgehead atoms. The van der Waals surface area contributed by atoms with Crippen LogP contribution in [0.15, 0.2) is 0 Å². The topological polar surface area (TPSA) is 40.5 Å². The highest BCUT2D eigenvalue weighted by Crippen LogP contribution is 1.97. The van der Waals surface area contributed by atoms with Gasteiger partial charge in [0.15, 0.2) is 0 Å². The molecule has 0 aliphatic heterocycles. The quantitative estimate of drug-likeness (QED) is 0.562. The van der Waals surface area contributed by atoms with Crippen molar-refractivity contribution in [1.29, 1.82) is 0 Å². The van der Waals surface area contributed by atoms with Crippen molar-refractivity contribution in [3.8, 4) is 0 Å². The fourth-order valence-corrected chi connectivity index (χ4v) is 3.26. The van der Waals surface area contributed by atoms with E-state index in [0.717, 1.165) is 12.1 Å². The van der Waals surface area contributed by atoms with Gasteiger partial charge in [0.1, 0.15) is 0 Å². The van der Waals surface area contributed by atoms with E-state index < -0.39 is 18.1 Å². The lowest BCUT2D eigenvalue weighted by molar-refractivity contribution is 0.563. The van der Waals surface area contributed by atoms with Crippen LogP contribution in [0.2, 0.25) is 25.2 Å². The normalized spacial score (nSPS) is 11.2. The number of rotatable bonds is 3. The van der Waals surface area contributed by atoms with Crippen LogP contribution in [0.1, 0.15) is 0 Å². The van der Waals surface area contributed by atoms with Gasteiger partial charge in [-0.1, -0.05) is 0 Å². The Labute approximate surface area is 53.6 Å². The van der Waals surface area contributed by atoms with Crippen LogP contribution in [-0.4, -0.2) is 27.7 Å². The molecule has 4 heteroatoms. The Bertz CT molecular complexity index is 48.0. The molecule has 0 amide bonds. The van der Waals surface area contributed by atoms with Crippen molar-refractivity contribution in [2.45, 2.75) is 25.2 Å². The highest BCUT2D eigenvalue weighted by atomic mass is 28.3. The van der Waals surface area contributed by atoms with Crippen molar-refractivity contribution in [3.63, 3.8) is 0 Å². The van der Waals surface area contributed by atoms with E-state index >= 15 is 0 Å². The molecule has 2 nitrogen and oxygen atoms in total. The van der Waals surface area contributed by atoms with E-state index in [1.807, 2.05) is 13.1 Å². The summed E-state index contributed by atoms with van der Waals surface area (Å²) in [5.41, 5.74) is 0. The smallest absolute Gasteiger partial charge is 0.203 e. The molecule has 0 heterocycles. The molecular formula is C4H12O2Si2. The van der Waals surface area contributed by atoms with Crippen LogP contribution in [0.4, 0.5) is 0 Å². The van der Waals surface area contributed by atoms with Crippen LogP contribution < -0.4 is 0 Å². The standard InChI is InChI=1S/C4H12O2Si2/c1-7(5)3-4-8(2)6/h5-6H,3-4H2,1-2H3. The summed E-state index contributed by atoms with van der Waals surface area (Å²) in [6, 6.07) is 1.68. The van der Waals surface area contributed by atoms with Crippen molar-refractivity contribution >= 4 is 18.1 Å². The Morgan fingerprint density at radius 3 is 1.38 bits per heavy atom. The van der Waals surface area contributed by atoms with Crippen LogP contribution in [0.5, 0.6) is 0 Å². The summed E-state index contributed by atoms with van der Waals surface area (Å²) in [5.74, 6) is 0. The minimum absolute atomic E-state index is 0.839. The highest BCUT2D eigenvalue weighted by molar-refractivity contribution is 6.54. The van der Waals surface area contributed by atoms with Crippen LogP contribution >= 0.6 is 0 Å². The van der Waals surface area contributed by atoms with Gasteiger partial charge in [0.2, 0.25) is 18.1 Å². The van der Waals surface area contributed by atoms with Gasteiger partial charge in [0.25, 0.3) is 0 Å². The Kier molecular flexibility index (Phi) is 4.44. The predicted molar refractivity (Wildman–Crippen MR) is 37.3 cm³/mol. The largest absolute Gasteiger partial charge is 0.432 e. The molecule has 0 spiro atoms.